The number of carbonyl (C=O) groups is 1. The van der Waals surface area contributed by atoms with Gasteiger partial charge in [0.25, 0.3) is 0 Å². The molecule has 0 radical (unpaired) electrons. The highest BCUT2D eigenvalue weighted by molar-refractivity contribution is 7.92. The van der Waals surface area contributed by atoms with Gasteiger partial charge in [0.05, 0.1) is 5.75 Å². The number of carbonyl (C=O) groups excluding carboxylic acids is 1. The molecule has 0 aromatic heterocycles. The fourth-order valence-electron chi connectivity index (χ4n) is 2.84. The molecule has 1 fully saturated rings. The Kier molecular flexibility index (Phi) is 5.62. The number of rotatable bonds is 5. The van der Waals surface area contributed by atoms with Crippen LogP contribution in [-0.2, 0) is 20.4 Å². The molecule has 1 unspecified atom stereocenters. The van der Waals surface area contributed by atoms with E-state index < -0.39 is 15.1 Å². The summed E-state index contributed by atoms with van der Waals surface area (Å²) < 4.78 is 24.9. The summed E-state index contributed by atoms with van der Waals surface area (Å²) in [5.41, 5.74) is 1.70. The molecule has 1 aliphatic carbocycles. The molecule has 1 saturated carbocycles. The Balaban J connectivity index is 2.01. The molecule has 0 spiro atoms. The lowest BCUT2D eigenvalue weighted by Gasteiger charge is -2.24. The second kappa shape index (κ2) is 7.27. The van der Waals surface area contributed by atoms with Crippen molar-refractivity contribution in [3.05, 3.63) is 35.4 Å². The van der Waals surface area contributed by atoms with Crippen molar-refractivity contribution in [2.75, 3.05) is 0 Å². The highest BCUT2D eigenvalue weighted by Gasteiger charge is 2.30. The standard InChI is InChI=1S/C17H25NO3S/c1-13-8-6-7-9-15(13)12-22(20,21)14(2)17(19)18-16-10-4-3-5-11-16/h6-9,14,16H,3-5,10-12H2,1-2H3,(H,18,19). The minimum Gasteiger partial charge on any atom is -0.352 e. The van der Waals surface area contributed by atoms with Gasteiger partial charge >= 0.3 is 0 Å². The average Bonchev–Trinajstić information content (AvgIpc) is 2.49. The van der Waals surface area contributed by atoms with Crippen molar-refractivity contribution in [3.8, 4) is 0 Å². The molecule has 4 nitrogen and oxygen atoms in total. The molecule has 0 heterocycles. The minimum atomic E-state index is -3.50. The Morgan fingerprint density at radius 3 is 2.50 bits per heavy atom. The van der Waals surface area contributed by atoms with Crippen molar-refractivity contribution in [2.24, 2.45) is 0 Å². The van der Waals surface area contributed by atoms with E-state index in [1.165, 1.54) is 13.3 Å². The molecule has 2 rings (SSSR count). The van der Waals surface area contributed by atoms with E-state index in [9.17, 15) is 13.2 Å². The van der Waals surface area contributed by atoms with Crippen LogP contribution < -0.4 is 5.32 Å². The molecule has 0 bridgehead atoms. The van der Waals surface area contributed by atoms with Gasteiger partial charge in [-0.05, 0) is 37.8 Å². The van der Waals surface area contributed by atoms with Crippen LogP contribution >= 0.6 is 0 Å². The number of benzene rings is 1. The summed E-state index contributed by atoms with van der Waals surface area (Å²) in [7, 11) is -3.50. The highest BCUT2D eigenvalue weighted by atomic mass is 32.2. The zero-order valence-electron chi connectivity index (χ0n) is 13.3. The molecule has 5 heteroatoms. The topological polar surface area (TPSA) is 63.2 Å². The third-order valence-corrected chi connectivity index (χ3v) is 6.48. The maximum Gasteiger partial charge on any atom is 0.238 e. The normalized spacial score (nSPS) is 17.9. The fraction of sp³-hybridized carbons (Fsp3) is 0.588. The number of aryl methyl sites for hydroxylation is 1. The van der Waals surface area contributed by atoms with E-state index in [1.807, 2.05) is 25.1 Å². The van der Waals surface area contributed by atoms with Gasteiger partial charge in [-0.3, -0.25) is 4.79 Å². The predicted octanol–water partition coefficient (Wildman–Crippen LogP) is 2.75. The van der Waals surface area contributed by atoms with Crippen LogP contribution in [-0.4, -0.2) is 25.6 Å². The zero-order valence-corrected chi connectivity index (χ0v) is 14.2. The minimum absolute atomic E-state index is 0.0844. The van der Waals surface area contributed by atoms with Crippen molar-refractivity contribution < 1.29 is 13.2 Å². The molecule has 22 heavy (non-hydrogen) atoms. The lowest BCUT2D eigenvalue weighted by molar-refractivity contribution is -0.121. The average molecular weight is 323 g/mol. The predicted molar refractivity (Wildman–Crippen MR) is 88.3 cm³/mol. The summed E-state index contributed by atoms with van der Waals surface area (Å²) >= 11 is 0. The molecular formula is C17H25NO3S. The van der Waals surface area contributed by atoms with Crippen molar-refractivity contribution in [1.29, 1.82) is 0 Å². The summed E-state index contributed by atoms with van der Waals surface area (Å²) in [4.78, 5) is 12.2. The Bertz CT molecular complexity index is 619. The molecule has 1 aromatic carbocycles. The number of amides is 1. The number of nitrogens with one attached hydrogen (secondary N) is 1. The van der Waals surface area contributed by atoms with Crippen molar-refractivity contribution in [2.45, 2.75) is 63.0 Å². The SMILES string of the molecule is Cc1ccccc1CS(=O)(=O)C(C)C(=O)NC1CCCCC1. The summed E-state index contributed by atoms with van der Waals surface area (Å²) in [5.74, 6) is -0.445. The van der Waals surface area contributed by atoms with E-state index in [1.54, 1.807) is 6.07 Å². The second-order valence-electron chi connectivity index (χ2n) is 6.22. The molecular weight excluding hydrogens is 298 g/mol. The van der Waals surface area contributed by atoms with E-state index in [0.29, 0.717) is 0 Å². The fourth-order valence-corrected chi connectivity index (χ4v) is 4.24. The third kappa shape index (κ3) is 4.32. The van der Waals surface area contributed by atoms with Gasteiger partial charge in [-0.1, -0.05) is 43.5 Å². The number of hydrogen-bond donors (Lipinski definition) is 1. The molecule has 1 atom stereocenters. The molecule has 0 aliphatic heterocycles. The first-order valence-corrected chi connectivity index (χ1v) is 9.68. The van der Waals surface area contributed by atoms with Gasteiger partial charge < -0.3 is 5.32 Å². The number of sulfone groups is 1. The van der Waals surface area contributed by atoms with Gasteiger partial charge in [0.1, 0.15) is 5.25 Å². The maximum atomic E-state index is 12.5. The van der Waals surface area contributed by atoms with E-state index in [2.05, 4.69) is 5.32 Å². The Labute approximate surface area is 133 Å². The molecule has 1 N–H and O–H groups in total. The van der Waals surface area contributed by atoms with E-state index >= 15 is 0 Å². The lowest BCUT2D eigenvalue weighted by atomic mass is 9.95. The van der Waals surface area contributed by atoms with Crippen LogP contribution in [0, 0.1) is 6.92 Å². The highest BCUT2D eigenvalue weighted by Crippen LogP contribution is 2.19. The van der Waals surface area contributed by atoms with Gasteiger partial charge in [0.2, 0.25) is 5.91 Å². The monoisotopic (exact) mass is 323 g/mol. The second-order valence-corrected chi connectivity index (χ2v) is 8.54. The molecule has 1 aromatic rings. The van der Waals surface area contributed by atoms with Crippen molar-refractivity contribution in [1.82, 2.24) is 5.32 Å². The summed E-state index contributed by atoms with van der Waals surface area (Å²) in [6.07, 6.45) is 5.32. The summed E-state index contributed by atoms with van der Waals surface area (Å²) in [6.45, 7) is 3.38. The van der Waals surface area contributed by atoms with Crippen LogP contribution in [0.5, 0.6) is 0 Å². The van der Waals surface area contributed by atoms with Gasteiger partial charge in [-0.25, -0.2) is 8.42 Å². The lowest BCUT2D eigenvalue weighted by Crippen LogP contribution is -2.44. The van der Waals surface area contributed by atoms with Gasteiger partial charge in [0.15, 0.2) is 9.84 Å². The van der Waals surface area contributed by atoms with Gasteiger partial charge in [-0.15, -0.1) is 0 Å². The van der Waals surface area contributed by atoms with E-state index in [4.69, 9.17) is 0 Å². The third-order valence-electron chi connectivity index (χ3n) is 4.48. The quantitative estimate of drug-likeness (QED) is 0.906. The molecule has 1 amide bonds. The van der Waals surface area contributed by atoms with Crippen LogP contribution in [0.4, 0.5) is 0 Å². The Hall–Kier alpha value is -1.36. The Morgan fingerprint density at radius 2 is 1.86 bits per heavy atom. The van der Waals surface area contributed by atoms with Crippen LogP contribution in [0.2, 0.25) is 0 Å². The smallest absolute Gasteiger partial charge is 0.238 e. The van der Waals surface area contributed by atoms with Crippen LogP contribution in [0.1, 0.15) is 50.2 Å². The first-order chi connectivity index (χ1) is 10.4. The summed E-state index contributed by atoms with van der Waals surface area (Å²) in [5, 5.41) is 1.90. The van der Waals surface area contributed by atoms with Crippen LogP contribution in [0.25, 0.3) is 0 Å². The maximum absolute atomic E-state index is 12.5. The largest absolute Gasteiger partial charge is 0.352 e. The first kappa shape index (κ1) is 17.0. The van der Waals surface area contributed by atoms with Gasteiger partial charge in [-0.2, -0.15) is 0 Å². The van der Waals surface area contributed by atoms with Gasteiger partial charge in [0, 0.05) is 6.04 Å². The molecule has 1 aliphatic rings. The molecule has 0 saturated heterocycles. The van der Waals surface area contributed by atoms with E-state index in [-0.39, 0.29) is 17.7 Å². The Morgan fingerprint density at radius 1 is 1.23 bits per heavy atom. The summed E-state index contributed by atoms with van der Waals surface area (Å²) in [6, 6.07) is 7.53. The zero-order chi connectivity index (χ0) is 16.2. The number of hydrogen-bond acceptors (Lipinski definition) is 3. The first-order valence-electron chi connectivity index (χ1n) is 7.96. The molecule has 122 valence electrons. The van der Waals surface area contributed by atoms with E-state index in [0.717, 1.165) is 36.8 Å². The van der Waals surface area contributed by atoms with Crippen LogP contribution in [0.3, 0.4) is 0 Å². The van der Waals surface area contributed by atoms with Crippen LogP contribution in [0.15, 0.2) is 24.3 Å². The van der Waals surface area contributed by atoms with Crippen molar-refractivity contribution >= 4 is 15.7 Å². The van der Waals surface area contributed by atoms with Crippen molar-refractivity contribution in [3.63, 3.8) is 0 Å².